The number of amides is 1. The van der Waals surface area contributed by atoms with E-state index in [0.29, 0.717) is 4.68 Å². The van der Waals surface area contributed by atoms with Crippen LogP contribution in [0.25, 0.3) is 0 Å². The van der Waals surface area contributed by atoms with Gasteiger partial charge < -0.3 is 5.73 Å². The van der Waals surface area contributed by atoms with Gasteiger partial charge in [0.15, 0.2) is 0 Å². The number of nitrogens with two attached hydrogens (primary N) is 1. The first-order chi connectivity index (χ1) is 6.32. The summed E-state index contributed by atoms with van der Waals surface area (Å²) in [6, 6.07) is -1.77. The van der Waals surface area contributed by atoms with Gasteiger partial charge in [-0.05, 0) is 6.92 Å². The molecule has 0 aliphatic rings. The molecule has 0 aliphatic carbocycles. The number of carbonyl (C=O) groups is 1. The summed E-state index contributed by atoms with van der Waals surface area (Å²) in [5, 5.41) is 3.40. The number of hydrogen-bond acceptors (Lipinski definition) is 2. The zero-order valence-electron chi connectivity index (χ0n) is 7.25. The number of hydrogen-bond donors (Lipinski definition) is 1. The highest BCUT2D eigenvalue weighted by atomic mass is 19.4. The van der Waals surface area contributed by atoms with Gasteiger partial charge in [0.2, 0.25) is 0 Å². The molecular weight excluding hydrogens is 199 g/mol. The minimum atomic E-state index is -4.39. The first kappa shape index (κ1) is 10.6. The summed E-state index contributed by atoms with van der Waals surface area (Å²) >= 11 is 0. The molecule has 1 atom stereocenters. The fourth-order valence-electron chi connectivity index (χ4n) is 0.827. The molecule has 1 aromatic heterocycles. The van der Waals surface area contributed by atoms with Crippen molar-refractivity contribution in [3.8, 4) is 0 Å². The minimum absolute atomic E-state index is 0.0406. The lowest BCUT2D eigenvalue weighted by Crippen LogP contribution is -2.24. The lowest BCUT2D eigenvalue weighted by atomic mass is 10.3. The van der Waals surface area contributed by atoms with Crippen molar-refractivity contribution < 1.29 is 18.0 Å². The molecule has 0 aromatic carbocycles. The summed E-state index contributed by atoms with van der Waals surface area (Å²) in [5.41, 5.74) is 4.82. The Labute approximate surface area is 77.5 Å². The molecule has 7 heteroatoms. The Morgan fingerprint density at radius 3 is 2.57 bits per heavy atom. The Morgan fingerprint density at radius 1 is 1.64 bits per heavy atom. The summed E-state index contributed by atoms with van der Waals surface area (Å²) in [6.07, 6.45) is -2.41. The highest BCUT2D eigenvalue weighted by molar-refractivity contribution is 5.92. The molecule has 78 valence electrons. The van der Waals surface area contributed by atoms with Crippen molar-refractivity contribution in [2.45, 2.75) is 19.1 Å². The Bertz CT molecular complexity index is 344. The number of carbonyl (C=O) groups excluding carboxylic acids is 1. The Balaban J connectivity index is 2.92. The van der Waals surface area contributed by atoms with Crippen LogP contribution in [-0.2, 0) is 0 Å². The van der Waals surface area contributed by atoms with E-state index in [1.54, 1.807) is 0 Å². The molecule has 1 amide bonds. The molecule has 1 heterocycles. The Morgan fingerprint density at radius 2 is 2.21 bits per heavy atom. The van der Waals surface area contributed by atoms with Gasteiger partial charge in [0.1, 0.15) is 6.04 Å². The first-order valence-electron chi connectivity index (χ1n) is 3.73. The van der Waals surface area contributed by atoms with Gasteiger partial charge in [-0.2, -0.15) is 18.3 Å². The zero-order valence-corrected chi connectivity index (χ0v) is 7.25. The number of nitrogens with zero attached hydrogens (tertiary/aromatic N) is 2. The van der Waals surface area contributed by atoms with Gasteiger partial charge in [-0.3, -0.25) is 9.48 Å². The van der Waals surface area contributed by atoms with Crippen LogP contribution in [0.2, 0.25) is 0 Å². The smallest absolute Gasteiger partial charge is 0.366 e. The Kier molecular flexibility index (Phi) is 2.50. The van der Waals surface area contributed by atoms with E-state index in [9.17, 15) is 18.0 Å². The molecule has 0 radical (unpaired) electrons. The second kappa shape index (κ2) is 3.32. The van der Waals surface area contributed by atoms with Crippen molar-refractivity contribution in [2.24, 2.45) is 5.73 Å². The molecule has 4 nitrogen and oxygen atoms in total. The molecule has 14 heavy (non-hydrogen) atoms. The second-order valence-electron chi connectivity index (χ2n) is 2.79. The van der Waals surface area contributed by atoms with Gasteiger partial charge in [0, 0.05) is 6.20 Å². The molecule has 0 saturated carbocycles. The normalized spacial score (nSPS) is 14.0. The van der Waals surface area contributed by atoms with Gasteiger partial charge >= 0.3 is 6.18 Å². The van der Waals surface area contributed by atoms with Crippen molar-refractivity contribution in [1.29, 1.82) is 0 Å². The standard InChI is InChI=1S/C7H8F3N3O/c1-4(7(8,9)10)13-3-5(2-12-13)6(11)14/h2-4H,1H3,(H2,11,14)/t4-/m0/s1. The maximum Gasteiger partial charge on any atom is 0.410 e. The maximum atomic E-state index is 12.2. The highest BCUT2D eigenvalue weighted by Crippen LogP contribution is 2.29. The predicted octanol–water partition coefficient (Wildman–Crippen LogP) is 1.11. The SMILES string of the molecule is C[C@H](n1cc(C(N)=O)cn1)C(F)(F)F. The van der Waals surface area contributed by atoms with Gasteiger partial charge in [0.25, 0.3) is 5.91 Å². The van der Waals surface area contributed by atoms with Crippen molar-refractivity contribution in [2.75, 3.05) is 0 Å². The van der Waals surface area contributed by atoms with Gasteiger partial charge in [0.05, 0.1) is 11.8 Å². The van der Waals surface area contributed by atoms with Crippen LogP contribution in [0.5, 0.6) is 0 Å². The number of aromatic nitrogens is 2. The van der Waals surface area contributed by atoms with E-state index in [2.05, 4.69) is 5.10 Å². The van der Waals surface area contributed by atoms with Crippen LogP contribution in [0.1, 0.15) is 23.3 Å². The third kappa shape index (κ3) is 2.04. The highest BCUT2D eigenvalue weighted by Gasteiger charge is 2.38. The molecule has 1 rings (SSSR count). The largest absolute Gasteiger partial charge is 0.410 e. The monoisotopic (exact) mass is 207 g/mol. The maximum absolute atomic E-state index is 12.2. The number of alkyl halides is 3. The molecule has 0 spiro atoms. The average molecular weight is 207 g/mol. The third-order valence-electron chi connectivity index (χ3n) is 1.76. The van der Waals surface area contributed by atoms with Crippen molar-refractivity contribution in [1.82, 2.24) is 9.78 Å². The van der Waals surface area contributed by atoms with Crippen LogP contribution >= 0.6 is 0 Å². The molecule has 0 unspecified atom stereocenters. The zero-order chi connectivity index (χ0) is 10.9. The Hall–Kier alpha value is -1.53. The average Bonchev–Trinajstić information content (AvgIpc) is 2.48. The summed E-state index contributed by atoms with van der Waals surface area (Å²) in [4.78, 5) is 10.6. The molecule has 0 fully saturated rings. The molecule has 1 aromatic rings. The van der Waals surface area contributed by atoms with Crippen LogP contribution in [-0.4, -0.2) is 21.9 Å². The van der Waals surface area contributed by atoms with Crippen LogP contribution in [0.4, 0.5) is 13.2 Å². The van der Waals surface area contributed by atoms with E-state index in [0.717, 1.165) is 19.3 Å². The van der Waals surface area contributed by atoms with E-state index in [-0.39, 0.29) is 5.56 Å². The quantitative estimate of drug-likeness (QED) is 0.789. The number of halogens is 3. The van der Waals surface area contributed by atoms with E-state index in [1.165, 1.54) is 0 Å². The molecule has 0 bridgehead atoms. The van der Waals surface area contributed by atoms with E-state index in [1.807, 2.05) is 0 Å². The van der Waals surface area contributed by atoms with Crippen LogP contribution in [0, 0.1) is 0 Å². The minimum Gasteiger partial charge on any atom is -0.366 e. The second-order valence-corrected chi connectivity index (χ2v) is 2.79. The predicted molar refractivity (Wildman–Crippen MR) is 41.5 cm³/mol. The van der Waals surface area contributed by atoms with Gasteiger partial charge in [-0.25, -0.2) is 0 Å². The summed E-state index contributed by atoms with van der Waals surface area (Å²) < 4.78 is 37.2. The molecule has 2 N–H and O–H groups in total. The van der Waals surface area contributed by atoms with E-state index < -0.39 is 18.1 Å². The van der Waals surface area contributed by atoms with Crippen LogP contribution < -0.4 is 5.73 Å². The van der Waals surface area contributed by atoms with Crippen LogP contribution in [0.3, 0.4) is 0 Å². The molecule has 0 aliphatic heterocycles. The summed E-state index contributed by atoms with van der Waals surface area (Å²) in [7, 11) is 0. The van der Waals surface area contributed by atoms with Crippen molar-refractivity contribution in [3.05, 3.63) is 18.0 Å². The van der Waals surface area contributed by atoms with Crippen molar-refractivity contribution in [3.63, 3.8) is 0 Å². The van der Waals surface area contributed by atoms with Crippen LogP contribution in [0.15, 0.2) is 12.4 Å². The van der Waals surface area contributed by atoms with Gasteiger partial charge in [-0.15, -0.1) is 0 Å². The topological polar surface area (TPSA) is 60.9 Å². The lowest BCUT2D eigenvalue weighted by molar-refractivity contribution is -0.165. The van der Waals surface area contributed by atoms with Gasteiger partial charge in [-0.1, -0.05) is 0 Å². The third-order valence-corrected chi connectivity index (χ3v) is 1.76. The fourth-order valence-corrected chi connectivity index (χ4v) is 0.827. The summed E-state index contributed by atoms with van der Waals surface area (Å²) in [5.74, 6) is -0.800. The first-order valence-corrected chi connectivity index (χ1v) is 3.73. The van der Waals surface area contributed by atoms with E-state index in [4.69, 9.17) is 5.73 Å². The number of rotatable bonds is 2. The van der Waals surface area contributed by atoms with E-state index >= 15 is 0 Å². The molecule has 0 saturated heterocycles. The lowest BCUT2D eigenvalue weighted by Gasteiger charge is -2.15. The fraction of sp³-hybridized carbons (Fsp3) is 0.429. The van der Waals surface area contributed by atoms with Crippen molar-refractivity contribution >= 4 is 5.91 Å². The summed E-state index contributed by atoms with van der Waals surface area (Å²) in [6.45, 7) is 0.942. The number of primary amides is 1. The molecular formula is C7H8F3N3O.